The number of hydrogen-bond acceptors (Lipinski definition) is 2. The van der Waals surface area contributed by atoms with Crippen molar-refractivity contribution in [1.29, 1.82) is 0 Å². The summed E-state index contributed by atoms with van der Waals surface area (Å²) in [6.07, 6.45) is 5.90. The third kappa shape index (κ3) is 2.26. The number of rotatable bonds is 2. The molecule has 0 spiro atoms. The topological polar surface area (TPSA) is 40.6 Å². The highest BCUT2D eigenvalue weighted by Gasteiger charge is 2.59. The average Bonchev–Trinajstić information content (AvgIpc) is 3.05. The van der Waals surface area contributed by atoms with Crippen LogP contribution in [-0.2, 0) is 9.59 Å². The van der Waals surface area contributed by atoms with Gasteiger partial charge in [-0.25, -0.2) is 0 Å². The van der Waals surface area contributed by atoms with Crippen LogP contribution >= 0.6 is 0 Å². The number of amides is 2. The van der Waals surface area contributed by atoms with E-state index in [9.17, 15) is 9.59 Å². The molecule has 0 N–H and O–H groups in total. The van der Waals surface area contributed by atoms with E-state index in [1.807, 2.05) is 9.80 Å². The molecular weight excluding hydrogens is 240 g/mol. The second-order valence-electron chi connectivity index (χ2n) is 6.56. The molecule has 2 amide bonds. The summed E-state index contributed by atoms with van der Waals surface area (Å²) < 4.78 is 0. The molecule has 0 radical (unpaired) electrons. The highest BCUT2D eigenvalue weighted by molar-refractivity contribution is 6.07. The van der Waals surface area contributed by atoms with Crippen LogP contribution in [0.5, 0.6) is 0 Å². The molecule has 3 fully saturated rings. The molecule has 0 aromatic heterocycles. The fraction of sp³-hybridized carbons (Fsp3) is 0.867. The van der Waals surface area contributed by atoms with Gasteiger partial charge in [-0.15, -0.1) is 0 Å². The van der Waals surface area contributed by atoms with Crippen LogP contribution in [0.15, 0.2) is 0 Å². The largest absolute Gasteiger partial charge is 0.342 e. The van der Waals surface area contributed by atoms with Gasteiger partial charge in [0.1, 0.15) is 5.41 Å². The van der Waals surface area contributed by atoms with Crippen molar-refractivity contribution in [3.63, 3.8) is 0 Å². The standard InChI is InChI=1S/C15H24N2O2/c1-12-4-10-17(11-5-12)14(19)15(6-7-15)13(18)16-8-2-3-9-16/h12H,2-11H2,1H3. The monoisotopic (exact) mass is 264 g/mol. The zero-order valence-corrected chi connectivity index (χ0v) is 11.9. The highest BCUT2D eigenvalue weighted by atomic mass is 16.2. The Balaban J connectivity index is 1.66. The quantitative estimate of drug-likeness (QED) is 0.712. The summed E-state index contributed by atoms with van der Waals surface area (Å²) in [4.78, 5) is 29.1. The van der Waals surface area contributed by atoms with Crippen molar-refractivity contribution in [3.05, 3.63) is 0 Å². The maximum atomic E-state index is 12.7. The fourth-order valence-electron chi connectivity index (χ4n) is 3.38. The summed E-state index contributed by atoms with van der Waals surface area (Å²) in [5, 5.41) is 0. The molecule has 0 aromatic rings. The highest BCUT2D eigenvalue weighted by Crippen LogP contribution is 2.49. The Morgan fingerprint density at radius 1 is 0.895 bits per heavy atom. The molecule has 2 heterocycles. The van der Waals surface area contributed by atoms with Crippen molar-refractivity contribution in [2.45, 2.75) is 45.4 Å². The van der Waals surface area contributed by atoms with Crippen LogP contribution in [0.2, 0.25) is 0 Å². The molecule has 106 valence electrons. The summed E-state index contributed by atoms with van der Waals surface area (Å²) in [6.45, 7) is 5.63. The normalized spacial score (nSPS) is 26.6. The third-order valence-corrected chi connectivity index (χ3v) is 5.03. The number of piperidine rings is 1. The minimum atomic E-state index is -0.648. The Kier molecular flexibility index (Phi) is 3.27. The zero-order chi connectivity index (χ0) is 13.5. The van der Waals surface area contributed by atoms with Gasteiger partial charge in [-0.05, 0) is 44.4 Å². The van der Waals surface area contributed by atoms with E-state index >= 15 is 0 Å². The molecule has 0 aromatic carbocycles. The van der Waals surface area contributed by atoms with Crippen LogP contribution in [-0.4, -0.2) is 47.8 Å². The van der Waals surface area contributed by atoms with Crippen molar-refractivity contribution in [2.75, 3.05) is 26.2 Å². The summed E-state index contributed by atoms with van der Waals surface area (Å²) >= 11 is 0. The summed E-state index contributed by atoms with van der Waals surface area (Å²) in [7, 11) is 0. The van der Waals surface area contributed by atoms with Gasteiger partial charge in [-0.3, -0.25) is 9.59 Å². The first kappa shape index (κ1) is 12.9. The van der Waals surface area contributed by atoms with Gasteiger partial charge in [0.25, 0.3) is 0 Å². The number of hydrogen-bond donors (Lipinski definition) is 0. The average molecular weight is 264 g/mol. The lowest BCUT2D eigenvalue weighted by molar-refractivity contribution is -0.149. The Morgan fingerprint density at radius 2 is 1.37 bits per heavy atom. The summed E-state index contributed by atoms with van der Waals surface area (Å²) in [5.74, 6) is 0.957. The number of carbonyl (C=O) groups excluding carboxylic acids is 2. The predicted molar refractivity (Wildman–Crippen MR) is 72.5 cm³/mol. The van der Waals surface area contributed by atoms with E-state index in [-0.39, 0.29) is 11.8 Å². The molecule has 1 aliphatic carbocycles. The molecule has 19 heavy (non-hydrogen) atoms. The van der Waals surface area contributed by atoms with E-state index in [1.54, 1.807) is 0 Å². The minimum absolute atomic E-state index is 0.119. The summed E-state index contributed by atoms with van der Waals surface area (Å²) in [6, 6.07) is 0. The van der Waals surface area contributed by atoms with Crippen molar-refractivity contribution in [2.24, 2.45) is 11.3 Å². The van der Waals surface area contributed by atoms with E-state index in [1.165, 1.54) is 0 Å². The maximum absolute atomic E-state index is 12.7. The molecular formula is C15H24N2O2. The molecule has 4 nitrogen and oxygen atoms in total. The maximum Gasteiger partial charge on any atom is 0.238 e. The lowest BCUT2D eigenvalue weighted by atomic mass is 9.96. The van der Waals surface area contributed by atoms with E-state index in [2.05, 4.69) is 6.92 Å². The smallest absolute Gasteiger partial charge is 0.238 e. The molecule has 3 rings (SSSR count). The van der Waals surface area contributed by atoms with E-state index in [0.717, 1.165) is 64.7 Å². The van der Waals surface area contributed by atoms with Gasteiger partial charge >= 0.3 is 0 Å². The van der Waals surface area contributed by atoms with Crippen LogP contribution < -0.4 is 0 Å². The molecule has 4 heteroatoms. The minimum Gasteiger partial charge on any atom is -0.342 e. The lowest BCUT2D eigenvalue weighted by Gasteiger charge is -2.33. The van der Waals surface area contributed by atoms with Gasteiger partial charge < -0.3 is 9.80 Å². The first-order valence-electron chi connectivity index (χ1n) is 7.72. The zero-order valence-electron chi connectivity index (χ0n) is 11.9. The Labute approximate surface area is 115 Å². The Bertz CT molecular complexity index is 376. The number of carbonyl (C=O) groups is 2. The SMILES string of the molecule is CC1CCN(C(=O)C2(C(=O)N3CCCC3)CC2)CC1. The molecule has 0 unspecified atom stereocenters. The van der Waals surface area contributed by atoms with Crippen molar-refractivity contribution >= 4 is 11.8 Å². The second kappa shape index (κ2) is 4.80. The van der Waals surface area contributed by atoms with Crippen molar-refractivity contribution < 1.29 is 9.59 Å². The molecule has 2 aliphatic heterocycles. The Hall–Kier alpha value is -1.06. The summed E-state index contributed by atoms with van der Waals surface area (Å²) in [5.41, 5.74) is -0.648. The van der Waals surface area contributed by atoms with E-state index in [4.69, 9.17) is 0 Å². The first-order valence-corrected chi connectivity index (χ1v) is 7.72. The van der Waals surface area contributed by atoms with E-state index < -0.39 is 5.41 Å². The second-order valence-corrected chi connectivity index (χ2v) is 6.56. The van der Waals surface area contributed by atoms with Gasteiger partial charge in [0.2, 0.25) is 11.8 Å². The molecule has 0 bridgehead atoms. The molecule has 0 atom stereocenters. The molecule has 1 saturated carbocycles. The molecule has 3 aliphatic rings. The van der Waals surface area contributed by atoms with Gasteiger partial charge in [0.15, 0.2) is 0 Å². The van der Waals surface area contributed by atoms with Crippen LogP contribution in [0, 0.1) is 11.3 Å². The van der Waals surface area contributed by atoms with Crippen LogP contribution in [0.4, 0.5) is 0 Å². The van der Waals surface area contributed by atoms with E-state index in [0.29, 0.717) is 5.92 Å². The van der Waals surface area contributed by atoms with Crippen LogP contribution in [0.1, 0.15) is 45.4 Å². The van der Waals surface area contributed by atoms with Gasteiger partial charge in [-0.1, -0.05) is 6.92 Å². The predicted octanol–water partition coefficient (Wildman–Crippen LogP) is 1.65. The van der Waals surface area contributed by atoms with Gasteiger partial charge in [0.05, 0.1) is 0 Å². The van der Waals surface area contributed by atoms with Crippen molar-refractivity contribution in [3.8, 4) is 0 Å². The number of nitrogens with zero attached hydrogens (tertiary/aromatic N) is 2. The van der Waals surface area contributed by atoms with Crippen molar-refractivity contribution in [1.82, 2.24) is 9.80 Å². The third-order valence-electron chi connectivity index (χ3n) is 5.03. The van der Waals surface area contributed by atoms with Gasteiger partial charge in [-0.2, -0.15) is 0 Å². The number of likely N-dealkylation sites (tertiary alicyclic amines) is 2. The molecule has 2 saturated heterocycles. The van der Waals surface area contributed by atoms with Gasteiger partial charge in [0, 0.05) is 26.2 Å². The lowest BCUT2D eigenvalue weighted by Crippen LogP contribution is -2.48. The van der Waals surface area contributed by atoms with Crippen LogP contribution in [0.3, 0.4) is 0 Å². The Morgan fingerprint density at radius 3 is 1.84 bits per heavy atom. The van der Waals surface area contributed by atoms with Crippen LogP contribution in [0.25, 0.3) is 0 Å². The first-order chi connectivity index (χ1) is 9.13. The fourth-order valence-corrected chi connectivity index (χ4v) is 3.38.